The minimum Gasteiger partial charge on any atom is -0.322 e. The lowest BCUT2D eigenvalue weighted by Crippen LogP contribution is -2.35. The zero-order valence-electron chi connectivity index (χ0n) is 13.2. The quantitative estimate of drug-likeness (QED) is 0.739. The van der Waals surface area contributed by atoms with Gasteiger partial charge in [0.1, 0.15) is 6.17 Å². The van der Waals surface area contributed by atoms with Crippen LogP contribution in [-0.4, -0.2) is 35.4 Å². The third kappa shape index (κ3) is 4.02. The van der Waals surface area contributed by atoms with E-state index < -0.39 is 0 Å². The molecule has 0 bridgehead atoms. The van der Waals surface area contributed by atoms with E-state index in [0.717, 1.165) is 19.4 Å². The average Bonchev–Trinajstić information content (AvgIpc) is 3.11. The Morgan fingerprint density at radius 2 is 2.29 bits per heavy atom. The Bertz CT molecular complexity index is 435. The lowest BCUT2D eigenvalue weighted by atomic mass is 9.99. The zero-order chi connectivity index (χ0) is 15.2. The molecule has 0 aromatic carbocycles. The van der Waals surface area contributed by atoms with Gasteiger partial charge in [-0.15, -0.1) is 0 Å². The van der Waals surface area contributed by atoms with Crippen molar-refractivity contribution in [3.63, 3.8) is 0 Å². The van der Waals surface area contributed by atoms with Crippen LogP contribution < -0.4 is 5.32 Å². The summed E-state index contributed by atoms with van der Waals surface area (Å²) in [6.07, 6.45) is 5.49. The van der Waals surface area contributed by atoms with Crippen molar-refractivity contribution in [3.05, 3.63) is 22.4 Å². The Kier molecular flexibility index (Phi) is 6.58. The second kappa shape index (κ2) is 8.20. The molecular weight excluding hydrogens is 300 g/mol. The highest BCUT2D eigenvalue weighted by Gasteiger charge is 2.41. The van der Waals surface area contributed by atoms with Crippen molar-refractivity contribution in [2.45, 2.75) is 45.3 Å². The van der Waals surface area contributed by atoms with E-state index >= 15 is 0 Å². The van der Waals surface area contributed by atoms with E-state index in [-0.39, 0.29) is 18.1 Å². The number of amides is 1. The maximum absolute atomic E-state index is 12.7. The van der Waals surface area contributed by atoms with Gasteiger partial charge in [-0.2, -0.15) is 23.1 Å². The van der Waals surface area contributed by atoms with Gasteiger partial charge in [-0.3, -0.25) is 10.1 Å². The molecule has 0 spiro atoms. The third-order valence-electron chi connectivity index (χ3n) is 4.27. The van der Waals surface area contributed by atoms with Crippen LogP contribution in [0.4, 0.5) is 0 Å². The molecule has 1 aliphatic rings. The molecule has 1 N–H and O–H groups in total. The van der Waals surface area contributed by atoms with Crippen LogP contribution in [-0.2, 0) is 4.79 Å². The monoisotopic (exact) mass is 326 g/mol. The van der Waals surface area contributed by atoms with Crippen LogP contribution in [0.25, 0.3) is 0 Å². The van der Waals surface area contributed by atoms with Gasteiger partial charge >= 0.3 is 0 Å². The van der Waals surface area contributed by atoms with Crippen LogP contribution >= 0.6 is 23.1 Å². The zero-order valence-corrected chi connectivity index (χ0v) is 14.8. The fraction of sp³-hybridized carbons (Fsp3) is 0.688. The van der Waals surface area contributed by atoms with Crippen molar-refractivity contribution in [1.29, 1.82) is 0 Å². The van der Waals surface area contributed by atoms with Gasteiger partial charge < -0.3 is 4.90 Å². The summed E-state index contributed by atoms with van der Waals surface area (Å²) in [5.41, 5.74) is 1.23. The van der Waals surface area contributed by atoms with Crippen molar-refractivity contribution >= 4 is 29.0 Å². The number of nitrogens with one attached hydrogen (secondary N) is 1. The molecule has 1 aromatic heterocycles. The normalized spacial score (nSPS) is 23.8. The maximum Gasteiger partial charge on any atom is 0.241 e. The van der Waals surface area contributed by atoms with Gasteiger partial charge in [0.15, 0.2) is 0 Å². The average molecular weight is 327 g/mol. The van der Waals surface area contributed by atoms with E-state index in [1.54, 1.807) is 11.3 Å². The van der Waals surface area contributed by atoms with Crippen LogP contribution in [0.15, 0.2) is 16.8 Å². The number of hydrogen-bond donors (Lipinski definition) is 1. The van der Waals surface area contributed by atoms with Gasteiger partial charge in [0.25, 0.3) is 0 Å². The number of nitrogens with zero attached hydrogens (tertiary/aromatic N) is 1. The molecule has 3 atom stereocenters. The molecular formula is C16H26N2OS2. The van der Waals surface area contributed by atoms with Gasteiger partial charge in [-0.25, -0.2) is 0 Å². The SMILES string of the molecule is CCC(C)C1NC(c2ccsc2)N(CCCCSC)C1=O. The minimum atomic E-state index is -0.0274. The Morgan fingerprint density at radius 3 is 2.90 bits per heavy atom. The van der Waals surface area contributed by atoms with E-state index in [4.69, 9.17) is 0 Å². The number of rotatable bonds is 8. The molecule has 21 heavy (non-hydrogen) atoms. The molecule has 1 amide bonds. The number of hydrogen-bond acceptors (Lipinski definition) is 4. The Hall–Kier alpha value is -0.520. The summed E-state index contributed by atoms with van der Waals surface area (Å²) in [6, 6.07) is 2.10. The van der Waals surface area contributed by atoms with Crippen LogP contribution in [0, 0.1) is 5.92 Å². The van der Waals surface area contributed by atoms with E-state index in [2.05, 4.69) is 47.1 Å². The molecule has 3 unspecified atom stereocenters. The molecule has 1 aliphatic heterocycles. The summed E-state index contributed by atoms with van der Waals surface area (Å²) in [4.78, 5) is 14.8. The van der Waals surface area contributed by atoms with Gasteiger partial charge in [-0.1, -0.05) is 20.3 Å². The van der Waals surface area contributed by atoms with Gasteiger partial charge in [-0.05, 0) is 53.2 Å². The molecule has 2 rings (SSSR count). The predicted molar refractivity (Wildman–Crippen MR) is 92.8 cm³/mol. The van der Waals surface area contributed by atoms with Crippen molar-refractivity contribution in [2.24, 2.45) is 5.92 Å². The Balaban J connectivity index is 2.06. The third-order valence-corrected chi connectivity index (χ3v) is 5.67. The van der Waals surface area contributed by atoms with E-state index in [9.17, 15) is 4.79 Å². The van der Waals surface area contributed by atoms with E-state index in [1.807, 2.05) is 11.8 Å². The first-order valence-electron chi connectivity index (χ1n) is 7.76. The van der Waals surface area contributed by atoms with Crippen LogP contribution in [0.2, 0.25) is 0 Å². The van der Waals surface area contributed by atoms with Crippen molar-refractivity contribution in [3.8, 4) is 0 Å². The number of thioether (sulfide) groups is 1. The summed E-state index contributed by atoms with van der Waals surface area (Å²) in [6.45, 7) is 5.18. The number of carbonyl (C=O) groups is 1. The predicted octanol–water partition coefficient (Wildman–Crippen LogP) is 3.74. The summed E-state index contributed by atoms with van der Waals surface area (Å²) in [5, 5.41) is 7.80. The van der Waals surface area contributed by atoms with Crippen LogP contribution in [0.1, 0.15) is 44.8 Å². The molecule has 1 aromatic rings. The maximum atomic E-state index is 12.7. The lowest BCUT2D eigenvalue weighted by Gasteiger charge is -2.23. The lowest BCUT2D eigenvalue weighted by molar-refractivity contribution is -0.131. The largest absolute Gasteiger partial charge is 0.322 e. The molecule has 3 nitrogen and oxygen atoms in total. The van der Waals surface area contributed by atoms with Gasteiger partial charge in [0.05, 0.1) is 6.04 Å². The highest BCUT2D eigenvalue weighted by atomic mass is 32.2. The van der Waals surface area contributed by atoms with Gasteiger partial charge in [0.2, 0.25) is 5.91 Å². The smallest absolute Gasteiger partial charge is 0.241 e. The molecule has 0 saturated carbocycles. The van der Waals surface area contributed by atoms with Crippen LogP contribution in [0.5, 0.6) is 0 Å². The molecule has 2 heterocycles. The van der Waals surface area contributed by atoms with Crippen LogP contribution in [0.3, 0.4) is 0 Å². The molecule has 1 saturated heterocycles. The summed E-state index contributed by atoms with van der Waals surface area (Å²) in [5.74, 6) is 1.84. The standard InChI is InChI=1S/C16H26N2OS2/c1-4-12(2)14-16(19)18(8-5-6-9-20-3)15(17-14)13-7-10-21-11-13/h7,10-12,14-15,17H,4-6,8-9H2,1-3H3. The van der Waals surface area contributed by atoms with Crippen molar-refractivity contribution in [1.82, 2.24) is 10.2 Å². The number of unbranched alkanes of at least 4 members (excludes halogenated alkanes) is 1. The highest BCUT2D eigenvalue weighted by molar-refractivity contribution is 7.98. The van der Waals surface area contributed by atoms with E-state index in [1.165, 1.54) is 17.7 Å². The molecule has 0 aliphatic carbocycles. The molecule has 5 heteroatoms. The van der Waals surface area contributed by atoms with Crippen molar-refractivity contribution in [2.75, 3.05) is 18.6 Å². The summed E-state index contributed by atoms with van der Waals surface area (Å²) < 4.78 is 0. The molecule has 1 fully saturated rings. The minimum absolute atomic E-state index is 0.0274. The topological polar surface area (TPSA) is 32.3 Å². The fourth-order valence-corrected chi connectivity index (χ4v) is 3.93. The Labute approximate surface area is 136 Å². The first kappa shape index (κ1) is 16.8. The molecule has 0 radical (unpaired) electrons. The first-order valence-corrected chi connectivity index (χ1v) is 10.1. The summed E-state index contributed by atoms with van der Waals surface area (Å²) in [7, 11) is 0. The van der Waals surface area contributed by atoms with Gasteiger partial charge in [0, 0.05) is 6.54 Å². The number of thiophene rings is 1. The highest BCUT2D eigenvalue weighted by Crippen LogP contribution is 2.30. The summed E-state index contributed by atoms with van der Waals surface area (Å²) >= 11 is 3.57. The van der Waals surface area contributed by atoms with Crippen molar-refractivity contribution < 1.29 is 4.79 Å². The number of carbonyl (C=O) groups excluding carboxylic acids is 1. The van der Waals surface area contributed by atoms with E-state index in [0.29, 0.717) is 5.92 Å². The second-order valence-corrected chi connectivity index (χ2v) is 7.49. The Morgan fingerprint density at radius 1 is 1.48 bits per heavy atom. The second-order valence-electron chi connectivity index (χ2n) is 5.72. The first-order chi connectivity index (χ1) is 10.2. The molecule has 118 valence electrons. The fourth-order valence-electron chi connectivity index (χ4n) is 2.76.